The standard InChI is InChI=1S/C16H7Cl2NO4/c17-13(20)8-5-6-9-11(7-8)16(23)19(15(9)22)12-4-2-1-3-10(12)14(18)21/h1-7H. The first-order chi connectivity index (χ1) is 10.9. The van der Waals surface area contributed by atoms with Gasteiger partial charge in [0.25, 0.3) is 22.3 Å². The Labute approximate surface area is 140 Å². The van der Waals surface area contributed by atoms with Crippen LogP contribution in [0.2, 0.25) is 0 Å². The Morgan fingerprint density at radius 3 is 2.13 bits per heavy atom. The lowest BCUT2D eigenvalue weighted by Crippen LogP contribution is -2.30. The van der Waals surface area contributed by atoms with Gasteiger partial charge in [-0.15, -0.1) is 0 Å². The smallest absolute Gasteiger partial charge is 0.266 e. The van der Waals surface area contributed by atoms with Gasteiger partial charge in [-0.2, -0.15) is 0 Å². The van der Waals surface area contributed by atoms with Gasteiger partial charge in [0.05, 0.1) is 22.4 Å². The molecule has 0 bridgehead atoms. The minimum Gasteiger partial charge on any atom is -0.276 e. The number of hydrogen-bond donors (Lipinski definition) is 0. The molecule has 1 aliphatic rings. The maximum absolute atomic E-state index is 12.6. The van der Waals surface area contributed by atoms with Crippen molar-refractivity contribution in [2.45, 2.75) is 0 Å². The fourth-order valence-electron chi connectivity index (χ4n) is 2.42. The van der Waals surface area contributed by atoms with Crippen molar-refractivity contribution in [3.05, 3.63) is 64.7 Å². The van der Waals surface area contributed by atoms with Crippen LogP contribution >= 0.6 is 23.2 Å². The Hall–Kier alpha value is -2.50. The fraction of sp³-hybridized carbons (Fsp3) is 0. The minimum atomic E-state index is -0.784. The van der Waals surface area contributed by atoms with E-state index in [0.29, 0.717) is 0 Å². The summed E-state index contributed by atoms with van der Waals surface area (Å²) in [6, 6.07) is 10.00. The van der Waals surface area contributed by atoms with E-state index in [1.807, 2.05) is 0 Å². The zero-order valence-corrected chi connectivity index (χ0v) is 12.9. The highest BCUT2D eigenvalue weighted by atomic mass is 35.5. The maximum Gasteiger partial charge on any atom is 0.266 e. The van der Waals surface area contributed by atoms with Crippen LogP contribution in [-0.2, 0) is 0 Å². The lowest BCUT2D eigenvalue weighted by Gasteiger charge is -2.16. The largest absolute Gasteiger partial charge is 0.276 e. The molecule has 1 heterocycles. The van der Waals surface area contributed by atoms with Crippen LogP contribution in [-0.4, -0.2) is 22.3 Å². The van der Waals surface area contributed by atoms with Crippen LogP contribution in [0.3, 0.4) is 0 Å². The quantitative estimate of drug-likeness (QED) is 0.631. The van der Waals surface area contributed by atoms with E-state index in [1.165, 1.54) is 30.3 Å². The summed E-state index contributed by atoms with van der Waals surface area (Å²) in [4.78, 5) is 48.6. The molecular formula is C16H7Cl2NO4. The molecule has 0 spiro atoms. The first kappa shape index (κ1) is 15.4. The van der Waals surface area contributed by atoms with Gasteiger partial charge in [0.15, 0.2) is 0 Å². The number of benzene rings is 2. The van der Waals surface area contributed by atoms with Crippen molar-refractivity contribution in [1.82, 2.24) is 0 Å². The Bertz CT molecular complexity index is 891. The van der Waals surface area contributed by atoms with Crippen LogP contribution < -0.4 is 4.90 Å². The highest BCUT2D eigenvalue weighted by Gasteiger charge is 2.38. The Kier molecular flexibility index (Phi) is 3.75. The van der Waals surface area contributed by atoms with Gasteiger partial charge in [-0.1, -0.05) is 12.1 Å². The molecule has 5 nitrogen and oxygen atoms in total. The average Bonchev–Trinajstić information content (AvgIpc) is 2.78. The molecule has 0 radical (unpaired) electrons. The van der Waals surface area contributed by atoms with Gasteiger partial charge in [0.1, 0.15) is 0 Å². The van der Waals surface area contributed by atoms with Crippen molar-refractivity contribution >= 4 is 51.2 Å². The van der Waals surface area contributed by atoms with Crippen LogP contribution in [0.5, 0.6) is 0 Å². The summed E-state index contributed by atoms with van der Waals surface area (Å²) in [5, 5.41) is -1.52. The predicted molar refractivity (Wildman–Crippen MR) is 84.4 cm³/mol. The molecule has 0 N–H and O–H groups in total. The minimum absolute atomic E-state index is 0.0392. The Morgan fingerprint density at radius 1 is 0.826 bits per heavy atom. The third-order valence-corrected chi connectivity index (χ3v) is 3.89. The van der Waals surface area contributed by atoms with E-state index in [-0.39, 0.29) is 27.9 Å². The van der Waals surface area contributed by atoms with Gasteiger partial charge in [-0.05, 0) is 53.5 Å². The normalized spacial score (nSPS) is 13.2. The number of halogens is 2. The third-order valence-electron chi connectivity index (χ3n) is 3.47. The van der Waals surface area contributed by atoms with Crippen LogP contribution in [0.4, 0.5) is 5.69 Å². The zero-order chi connectivity index (χ0) is 16.7. The highest BCUT2D eigenvalue weighted by molar-refractivity contribution is 6.68. The Morgan fingerprint density at radius 2 is 1.48 bits per heavy atom. The summed E-state index contributed by atoms with van der Waals surface area (Å²) >= 11 is 10.9. The van der Waals surface area contributed by atoms with Gasteiger partial charge in [-0.3, -0.25) is 19.2 Å². The number of fused-ring (bicyclic) bond motifs is 1. The van der Waals surface area contributed by atoms with Gasteiger partial charge in [0.2, 0.25) is 0 Å². The number of para-hydroxylation sites is 1. The van der Waals surface area contributed by atoms with Crippen molar-refractivity contribution in [3.63, 3.8) is 0 Å². The summed E-state index contributed by atoms with van der Waals surface area (Å²) in [5.74, 6) is -1.24. The summed E-state index contributed by atoms with van der Waals surface area (Å²) in [5.41, 5.74) is 0.428. The number of amides is 2. The molecular weight excluding hydrogens is 341 g/mol. The topological polar surface area (TPSA) is 71.5 Å². The molecule has 0 saturated heterocycles. The summed E-state index contributed by atoms with van der Waals surface area (Å²) in [6.07, 6.45) is 0. The third kappa shape index (κ3) is 2.44. The first-order valence-electron chi connectivity index (χ1n) is 6.43. The molecule has 0 atom stereocenters. The predicted octanol–water partition coefficient (Wildman–Crippen LogP) is 3.25. The molecule has 3 rings (SSSR count). The van der Waals surface area contributed by atoms with E-state index in [4.69, 9.17) is 23.2 Å². The molecule has 2 aromatic rings. The number of carbonyl (C=O) groups is 4. The molecule has 0 aromatic heterocycles. The van der Waals surface area contributed by atoms with E-state index in [2.05, 4.69) is 0 Å². The molecule has 0 saturated carbocycles. The van der Waals surface area contributed by atoms with Crippen LogP contribution in [0, 0.1) is 0 Å². The first-order valence-corrected chi connectivity index (χ1v) is 7.19. The second kappa shape index (κ2) is 5.61. The average molecular weight is 348 g/mol. The van der Waals surface area contributed by atoms with E-state index < -0.39 is 22.3 Å². The molecule has 0 aliphatic carbocycles. The van der Waals surface area contributed by atoms with E-state index in [9.17, 15) is 19.2 Å². The monoisotopic (exact) mass is 347 g/mol. The van der Waals surface area contributed by atoms with Gasteiger partial charge < -0.3 is 0 Å². The number of carbonyl (C=O) groups excluding carboxylic acids is 4. The number of imide groups is 1. The molecule has 2 amide bonds. The highest BCUT2D eigenvalue weighted by Crippen LogP contribution is 2.32. The van der Waals surface area contributed by atoms with E-state index >= 15 is 0 Å². The molecule has 1 aliphatic heterocycles. The molecule has 2 aromatic carbocycles. The summed E-state index contributed by atoms with van der Waals surface area (Å²) in [6.45, 7) is 0. The molecule has 0 unspecified atom stereocenters. The van der Waals surface area contributed by atoms with Crippen LogP contribution in [0.15, 0.2) is 42.5 Å². The molecule has 23 heavy (non-hydrogen) atoms. The van der Waals surface area contributed by atoms with Gasteiger partial charge in [-0.25, -0.2) is 4.90 Å². The second-order valence-corrected chi connectivity index (χ2v) is 5.46. The van der Waals surface area contributed by atoms with Gasteiger partial charge in [0, 0.05) is 5.56 Å². The SMILES string of the molecule is O=C(Cl)c1ccc2c(c1)C(=O)N(c1ccccc1C(=O)Cl)C2=O. The number of hydrogen-bond acceptors (Lipinski definition) is 4. The maximum atomic E-state index is 12.6. The number of rotatable bonds is 3. The molecule has 0 fully saturated rings. The lowest BCUT2D eigenvalue weighted by molar-refractivity contribution is 0.0925. The van der Waals surface area contributed by atoms with Crippen molar-refractivity contribution in [2.24, 2.45) is 0 Å². The van der Waals surface area contributed by atoms with Crippen LogP contribution in [0.1, 0.15) is 41.4 Å². The Balaban J connectivity index is 2.15. The second-order valence-electron chi connectivity index (χ2n) is 4.77. The lowest BCUT2D eigenvalue weighted by atomic mass is 10.1. The zero-order valence-electron chi connectivity index (χ0n) is 11.4. The van der Waals surface area contributed by atoms with E-state index in [1.54, 1.807) is 12.1 Å². The molecule has 114 valence electrons. The van der Waals surface area contributed by atoms with Crippen LogP contribution in [0.25, 0.3) is 0 Å². The van der Waals surface area contributed by atoms with Crippen molar-refractivity contribution in [1.29, 1.82) is 0 Å². The van der Waals surface area contributed by atoms with Crippen molar-refractivity contribution in [3.8, 4) is 0 Å². The van der Waals surface area contributed by atoms with E-state index in [0.717, 1.165) is 4.90 Å². The number of nitrogens with zero attached hydrogens (tertiary/aromatic N) is 1. The van der Waals surface area contributed by atoms with Gasteiger partial charge >= 0.3 is 0 Å². The number of anilines is 1. The fourth-order valence-corrected chi connectivity index (χ4v) is 2.69. The summed E-state index contributed by atoms with van der Waals surface area (Å²) < 4.78 is 0. The summed E-state index contributed by atoms with van der Waals surface area (Å²) in [7, 11) is 0. The molecule has 7 heteroatoms. The van der Waals surface area contributed by atoms with Crippen molar-refractivity contribution in [2.75, 3.05) is 4.90 Å². The van der Waals surface area contributed by atoms with Crippen molar-refractivity contribution < 1.29 is 19.2 Å².